The van der Waals surface area contributed by atoms with Crippen LogP contribution in [0.15, 0.2) is 24.3 Å². The second kappa shape index (κ2) is 9.08. The van der Waals surface area contributed by atoms with E-state index in [4.69, 9.17) is 4.74 Å². The predicted octanol–water partition coefficient (Wildman–Crippen LogP) is 6.75. The minimum Gasteiger partial charge on any atom is -0.373 e. The highest BCUT2D eigenvalue weighted by atomic mass is 19.2. The van der Waals surface area contributed by atoms with Crippen molar-refractivity contribution in [2.24, 2.45) is 0 Å². The maximum Gasteiger partial charge on any atom is 0.164 e. The normalized spacial score (nSPS) is 19.8. The van der Waals surface area contributed by atoms with Crippen LogP contribution in [-0.4, -0.2) is 6.10 Å². The molecule has 152 valence electrons. The highest BCUT2D eigenvalue weighted by Crippen LogP contribution is 2.36. The lowest BCUT2D eigenvalue weighted by atomic mass is 9.82. The van der Waals surface area contributed by atoms with Gasteiger partial charge >= 0.3 is 0 Å². The molecule has 28 heavy (non-hydrogen) atoms. The molecule has 3 rings (SSSR count). The topological polar surface area (TPSA) is 9.23 Å². The zero-order valence-corrected chi connectivity index (χ0v) is 16.3. The van der Waals surface area contributed by atoms with Gasteiger partial charge in [0.1, 0.15) is 0 Å². The molecule has 1 saturated carbocycles. The van der Waals surface area contributed by atoms with Gasteiger partial charge < -0.3 is 4.74 Å². The zero-order chi connectivity index (χ0) is 20.3. The van der Waals surface area contributed by atoms with Crippen molar-refractivity contribution in [1.29, 1.82) is 0 Å². The van der Waals surface area contributed by atoms with Crippen molar-refractivity contribution >= 4 is 0 Å². The van der Waals surface area contributed by atoms with Crippen LogP contribution in [0, 0.1) is 30.2 Å². The van der Waals surface area contributed by atoms with E-state index < -0.39 is 23.3 Å². The minimum absolute atomic E-state index is 0.0119. The average molecular weight is 394 g/mol. The number of hydrogen-bond donors (Lipinski definition) is 0. The molecule has 0 bridgehead atoms. The molecule has 0 N–H and O–H groups in total. The van der Waals surface area contributed by atoms with Gasteiger partial charge in [-0.15, -0.1) is 0 Å². The summed E-state index contributed by atoms with van der Waals surface area (Å²) in [5, 5.41) is 0. The summed E-state index contributed by atoms with van der Waals surface area (Å²) in [5.41, 5.74) is 1.32. The van der Waals surface area contributed by atoms with E-state index in [9.17, 15) is 17.6 Å². The van der Waals surface area contributed by atoms with E-state index in [0.717, 1.165) is 6.42 Å². The molecule has 2 aromatic rings. The van der Waals surface area contributed by atoms with Crippen LogP contribution in [0.25, 0.3) is 0 Å². The van der Waals surface area contributed by atoms with Crippen LogP contribution in [0.2, 0.25) is 0 Å². The van der Waals surface area contributed by atoms with E-state index >= 15 is 0 Å². The van der Waals surface area contributed by atoms with E-state index in [1.54, 1.807) is 31.2 Å². The Bertz CT molecular complexity index is 826. The number of halogens is 4. The maximum absolute atomic E-state index is 14.2. The smallest absolute Gasteiger partial charge is 0.164 e. The Kier molecular flexibility index (Phi) is 6.76. The van der Waals surface area contributed by atoms with E-state index in [1.807, 2.05) is 6.92 Å². The fourth-order valence-electron chi connectivity index (χ4n) is 3.93. The van der Waals surface area contributed by atoms with Crippen LogP contribution in [0.4, 0.5) is 17.6 Å². The van der Waals surface area contributed by atoms with Gasteiger partial charge in [-0.2, -0.15) is 0 Å². The van der Waals surface area contributed by atoms with Crippen LogP contribution < -0.4 is 0 Å². The van der Waals surface area contributed by atoms with Crippen molar-refractivity contribution in [2.45, 2.75) is 71.0 Å². The zero-order valence-electron chi connectivity index (χ0n) is 16.3. The molecule has 0 radical (unpaired) electrons. The first-order valence-corrected chi connectivity index (χ1v) is 9.94. The fourth-order valence-corrected chi connectivity index (χ4v) is 3.93. The Labute approximate surface area is 163 Å². The number of ether oxygens (including phenoxy) is 1. The molecule has 0 spiro atoms. The summed E-state index contributed by atoms with van der Waals surface area (Å²) in [6.45, 7) is 3.48. The van der Waals surface area contributed by atoms with Gasteiger partial charge in [0, 0.05) is 5.56 Å². The molecular weight excluding hydrogens is 368 g/mol. The SMILES string of the molecule is CCCc1ccc(COC2CCC(c3ccc(C)c(F)c3F)CC2)c(F)c1F. The Morgan fingerprint density at radius 1 is 0.821 bits per heavy atom. The molecular formula is C23H26F4O. The summed E-state index contributed by atoms with van der Waals surface area (Å²) in [6.07, 6.45) is 3.87. The van der Waals surface area contributed by atoms with Crippen LogP contribution in [0.3, 0.4) is 0 Å². The summed E-state index contributed by atoms with van der Waals surface area (Å²) in [5.74, 6) is -3.20. The standard InChI is InChI=1S/C23H26F4O/c1-3-4-16-6-7-17(22(26)21(16)25)13-28-18-10-8-15(9-11-18)19-12-5-14(2)20(24)23(19)27/h5-7,12,15,18H,3-4,8-11,13H2,1-2H3. The molecule has 0 aliphatic heterocycles. The average Bonchev–Trinajstić information content (AvgIpc) is 2.70. The van der Waals surface area contributed by atoms with Crippen LogP contribution >= 0.6 is 0 Å². The van der Waals surface area contributed by atoms with Gasteiger partial charge in [0.25, 0.3) is 0 Å². The lowest BCUT2D eigenvalue weighted by Crippen LogP contribution is -2.21. The lowest BCUT2D eigenvalue weighted by Gasteiger charge is -2.29. The molecule has 0 aromatic heterocycles. The lowest BCUT2D eigenvalue weighted by molar-refractivity contribution is 0.0116. The molecule has 1 aliphatic rings. The largest absolute Gasteiger partial charge is 0.373 e. The first kappa shape index (κ1) is 20.8. The van der Waals surface area contributed by atoms with Gasteiger partial charge in [-0.1, -0.05) is 37.6 Å². The van der Waals surface area contributed by atoms with Gasteiger partial charge in [0.15, 0.2) is 23.3 Å². The van der Waals surface area contributed by atoms with Gasteiger partial charge in [-0.25, -0.2) is 17.6 Å². The Hall–Kier alpha value is -1.88. The molecule has 1 fully saturated rings. The van der Waals surface area contributed by atoms with E-state index in [1.165, 1.54) is 0 Å². The Balaban J connectivity index is 1.57. The Morgan fingerprint density at radius 2 is 1.46 bits per heavy atom. The van der Waals surface area contributed by atoms with Crippen LogP contribution in [-0.2, 0) is 17.8 Å². The molecule has 0 amide bonds. The third kappa shape index (κ3) is 4.40. The molecule has 1 nitrogen and oxygen atoms in total. The van der Waals surface area contributed by atoms with Gasteiger partial charge in [-0.3, -0.25) is 0 Å². The molecule has 5 heteroatoms. The van der Waals surface area contributed by atoms with Crippen LogP contribution in [0.5, 0.6) is 0 Å². The molecule has 2 aromatic carbocycles. The second-order valence-corrected chi connectivity index (χ2v) is 7.65. The molecule has 0 saturated heterocycles. The van der Waals surface area contributed by atoms with Crippen molar-refractivity contribution < 1.29 is 22.3 Å². The van der Waals surface area contributed by atoms with Gasteiger partial charge in [0.2, 0.25) is 0 Å². The number of hydrogen-bond acceptors (Lipinski definition) is 1. The summed E-state index contributed by atoms with van der Waals surface area (Å²) in [4.78, 5) is 0. The second-order valence-electron chi connectivity index (χ2n) is 7.65. The maximum atomic E-state index is 14.2. The molecule has 0 atom stereocenters. The molecule has 0 heterocycles. The predicted molar refractivity (Wildman–Crippen MR) is 101 cm³/mol. The van der Waals surface area contributed by atoms with Crippen LogP contribution in [0.1, 0.15) is 67.2 Å². The van der Waals surface area contributed by atoms with E-state index in [2.05, 4.69) is 0 Å². The molecule has 1 aliphatic carbocycles. The molecule has 0 unspecified atom stereocenters. The highest BCUT2D eigenvalue weighted by Gasteiger charge is 2.26. The van der Waals surface area contributed by atoms with Gasteiger partial charge in [-0.05, 0) is 61.6 Å². The van der Waals surface area contributed by atoms with Gasteiger partial charge in [0.05, 0.1) is 12.7 Å². The van der Waals surface area contributed by atoms with E-state index in [-0.39, 0.29) is 24.2 Å². The quantitative estimate of drug-likeness (QED) is 0.493. The third-order valence-corrected chi connectivity index (χ3v) is 5.66. The number of rotatable bonds is 6. The third-order valence-electron chi connectivity index (χ3n) is 5.66. The fraction of sp³-hybridized carbons (Fsp3) is 0.478. The first-order valence-electron chi connectivity index (χ1n) is 9.94. The minimum atomic E-state index is -0.836. The van der Waals surface area contributed by atoms with Crippen molar-refractivity contribution in [3.05, 3.63) is 69.8 Å². The summed E-state index contributed by atoms with van der Waals surface area (Å²) < 4.78 is 62.1. The van der Waals surface area contributed by atoms with Crippen molar-refractivity contribution in [2.75, 3.05) is 0 Å². The van der Waals surface area contributed by atoms with Crippen molar-refractivity contribution in [1.82, 2.24) is 0 Å². The Morgan fingerprint density at radius 3 is 2.14 bits per heavy atom. The van der Waals surface area contributed by atoms with Crippen molar-refractivity contribution in [3.8, 4) is 0 Å². The summed E-state index contributed by atoms with van der Waals surface area (Å²) in [7, 11) is 0. The number of aryl methyl sites for hydroxylation is 2. The monoisotopic (exact) mass is 394 g/mol. The number of benzene rings is 2. The first-order chi connectivity index (χ1) is 13.4. The highest BCUT2D eigenvalue weighted by molar-refractivity contribution is 5.29. The van der Waals surface area contributed by atoms with Crippen molar-refractivity contribution in [3.63, 3.8) is 0 Å². The van der Waals surface area contributed by atoms with E-state index in [0.29, 0.717) is 48.8 Å². The summed E-state index contributed by atoms with van der Waals surface area (Å²) >= 11 is 0. The summed E-state index contributed by atoms with van der Waals surface area (Å²) in [6, 6.07) is 6.47.